The van der Waals surface area contributed by atoms with E-state index >= 15 is 0 Å². The lowest BCUT2D eigenvalue weighted by molar-refractivity contribution is -0.402. The highest BCUT2D eigenvalue weighted by Gasteiger charge is 1.89. The van der Waals surface area contributed by atoms with Crippen LogP contribution in [0.5, 0.6) is 0 Å². The summed E-state index contributed by atoms with van der Waals surface area (Å²) in [6, 6.07) is 9.22. The highest BCUT2D eigenvalue weighted by molar-refractivity contribution is 5.38. The van der Waals surface area contributed by atoms with Crippen molar-refractivity contribution >= 4 is 5.69 Å². The molecule has 6 heteroatoms. The molecule has 0 saturated carbocycles. The lowest BCUT2D eigenvalue weighted by atomic mass is 10.2. The predicted octanol–water partition coefficient (Wildman–Crippen LogP) is 0.193. The third-order valence-corrected chi connectivity index (χ3v) is 1.06. The molecular weight excluding hydrogens is 174 g/mol. The van der Waals surface area contributed by atoms with E-state index in [-0.39, 0.29) is 0 Å². The topological polar surface area (TPSA) is 118 Å². The molecule has 0 atom stereocenters. The molecule has 3 N–H and O–H groups in total. The molecule has 0 unspecified atom stereocenters. The van der Waals surface area contributed by atoms with Gasteiger partial charge in [-0.25, -0.2) is 0 Å². The average Bonchev–Trinajstić information content (AvgIpc) is 2.03. The number of nitrogens with zero attached hydrogens (tertiary/aromatic N) is 2. The van der Waals surface area contributed by atoms with Crippen LogP contribution in [0.4, 0.5) is 5.69 Å². The Morgan fingerprint density at radius 1 is 1.46 bits per heavy atom. The van der Waals surface area contributed by atoms with E-state index in [0.29, 0.717) is 5.56 Å². The van der Waals surface area contributed by atoms with E-state index in [1.807, 2.05) is 18.2 Å². The summed E-state index contributed by atoms with van der Waals surface area (Å²) < 4.78 is 0. The average molecular weight is 181 g/mol. The number of rotatable bonds is 0. The minimum Gasteiger partial charge on any atom is -0.356 e. The van der Waals surface area contributed by atoms with Crippen molar-refractivity contribution < 1.29 is 10.8 Å². The summed E-state index contributed by atoms with van der Waals surface area (Å²) in [5.41, 5.74) is 5.23. The van der Waals surface area contributed by atoms with Gasteiger partial charge in [-0.1, -0.05) is 6.07 Å². The van der Waals surface area contributed by atoms with Crippen molar-refractivity contribution in [3.05, 3.63) is 45.2 Å². The maximum absolute atomic E-state index is 8.38. The molecule has 13 heavy (non-hydrogen) atoms. The molecule has 0 aliphatic carbocycles. The van der Waals surface area contributed by atoms with Crippen LogP contribution in [0.25, 0.3) is 0 Å². The zero-order valence-corrected chi connectivity index (χ0v) is 6.64. The lowest BCUT2D eigenvalue weighted by Crippen LogP contribution is -2.39. The zero-order valence-electron chi connectivity index (χ0n) is 6.64. The molecule has 1 rings (SSSR count). The fourth-order valence-corrected chi connectivity index (χ4v) is 0.641. The highest BCUT2D eigenvalue weighted by atomic mass is 16.9. The van der Waals surface area contributed by atoms with Gasteiger partial charge < -0.3 is 21.1 Å². The SMILES string of the molecule is N#Cc1cccc([NH3+])c1.O=[N+]([O-])[O-]. The molecule has 1 aromatic rings. The highest BCUT2D eigenvalue weighted by Crippen LogP contribution is 2.01. The number of nitriles is 1. The Kier molecular flexibility index (Phi) is 4.61. The van der Waals surface area contributed by atoms with Crippen LogP contribution in [-0.4, -0.2) is 5.09 Å². The van der Waals surface area contributed by atoms with Crippen LogP contribution in [0.3, 0.4) is 0 Å². The Morgan fingerprint density at radius 3 is 2.31 bits per heavy atom. The van der Waals surface area contributed by atoms with E-state index in [1.165, 1.54) is 0 Å². The third kappa shape index (κ3) is 6.28. The second-order valence-corrected chi connectivity index (χ2v) is 2.04. The maximum atomic E-state index is 8.38. The van der Waals surface area contributed by atoms with Crippen molar-refractivity contribution in [2.75, 3.05) is 0 Å². The molecule has 0 saturated heterocycles. The third-order valence-electron chi connectivity index (χ3n) is 1.06. The summed E-state index contributed by atoms with van der Waals surface area (Å²) in [6.07, 6.45) is 0. The number of hydrogen-bond acceptors (Lipinski definition) is 4. The van der Waals surface area contributed by atoms with E-state index in [9.17, 15) is 0 Å². The van der Waals surface area contributed by atoms with Crippen LogP contribution < -0.4 is 5.73 Å². The molecule has 6 nitrogen and oxygen atoms in total. The van der Waals surface area contributed by atoms with Crippen molar-refractivity contribution in [3.63, 3.8) is 0 Å². The largest absolute Gasteiger partial charge is 0.356 e. The Morgan fingerprint density at radius 2 is 2.00 bits per heavy atom. The monoisotopic (exact) mass is 181 g/mol. The van der Waals surface area contributed by atoms with Crippen molar-refractivity contribution in [1.82, 2.24) is 0 Å². The number of hydrogen-bond donors (Lipinski definition) is 1. The molecule has 0 aromatic heterocycles. The van der Waals surface area contributed by atoms with Crippen molar-refractivity contribution in [3.8, 4) is 6.07 Å². The maximum Gasteiger partial charge on any atom is 0.129 e. The van der Waals surface area contributed by atoms with E-state index in [1.54, 1.807) is 12.1 Å². The minimum atomic E-state index is -1.75. The summed E-state index contributed by atoms with van der Waals surface area (Å²) in [4.78, 5) is 8.25. The summed E-state index contributed by atoms with van der Waals surface area (Å²) in [6.45, 7) is 0. The predicted molar refractivity (Wildman–Crippen MR) is 44.1 cm³/mol. The molecule has 0 bridgehead atoms. The summed E-state index contributed by atoms with van der Waals surface area (Å²) >= 11 is 0. The van der Waals surface area contributed by atoms with Gasteiger partial charge in [0.15, 0.2) is 0 Å². The van der Waals surface area contributed by atoms with Gasteiger partial charge in [-0.3, -0.25) is 0 Å². The Balaban J connectivity index is 0.000000310. The Labute approximate surface area is 73.9 Å². The van der Waals surface area contributed by atoms with E-state index in [0.717, 1.165) is 5.69 Å². The molecule has 0 aliphatic heterocycles. The molecule has 0 radical (unpaired) electrons. The quantitative estimate of drug-likeness (QED) is 0.454. The van der Waals surface area contributed by atoms with E-state index < -0.39 is 5.09 Å². The van der Waals surface area contributed by atoms with Gasteiger partial charge in [0.25, 0.3) is 0 Å². The molecule has 1 aromatic carbocycles. The van der Waals surface area contributed by atoms with Crippen LogP contribution in [0, 0.1) is 26.7 Å². The summed E-state index contributed by atoms with van der Waals surface area (Å²) in [5, 5.41) is 23.1. The van der Waals surface area contributed by atoms with Crippen molar-refractivity contribution in [1.29, 1.82) is 5.26 Å². The number of benzene rings is 1. The fourth-order valence-electron chi connectivity index (χ4n) is 0.641. The van der Waals surface area contributed by atoms with Crippen molar-refractivity contribution in [2.24, 2.45) is 0 Å². The van der Waals surface area contributed by atoms with Crippen LogP contribution in [0.15, 0.2) is 24.3 Å². The molecule has 0 amide bonds. The molecular formula is C7H7N3O3. The first-order valence-electron chi connectivity index (χ1n) is 3.20. The second-order valence-electron chi connectivity index (χ2n) is 2.04. The van der Waals surface area contributed by atoms with Crippen LogP contribution in [0.2, 0.25) is 0 Å². The smallest absolute Gasteiger partial charge is 0.129 e. The van der Waals surface area contributed by atoms with Gasteiger partial charge in [-0.15, -0.1) is 0 Å². The standard InChI is InChI=1S/C7H6N2.NO3/c8-5-6-2-1-3-7(9)4-6;2-1(3)4/h1-4H,9H2;/q;-1/p+1. The first-order valence-corrected chi connectivity index (χ1v) is 3.20. The van der Waals surface area contributed by atoms with Gasteiger partial charge in [0.2, 0.25) is 0 Å². The number of quaternary nitrogens is 1. The Hall–Kier alpha value is -2.13. The molecule has 0 aliphatic rings. The summed E-state index contributed by atoms with van der Waals surface area (Å²) in [5.74, 6) is 0. The second kappa shape index (κ2) is 5.51. The fraction of sp³-hybridized carbons (Fsp3) is 0. The van der Waals surface area contributed by atoms with Crippen LogP contribution >= 0.6 is 0 Å². The van der Waals surface area contributed by atoms with E-state index in [2.05, 4.69) is 5.73 Å². The normalized spacial score (nSPS) is 7.69. The van der Waals surface area contributed by atoms with E-state index in [4.69, 9.17) is 20.6 Å². The summed E-state index contributed by atoms with van der Waals surface area (Å²) in [7, 11) is 0. The van der Waals surface area contributed by atoms with Gasteiger partial charge in [-0.05, 0) is 12.1 Å². The zero-order chi connectivity index (χ0) is 10.3. The molecule has 0 spiro atoms. The molecule has 0 heterocycles. The van der Waals surface area contributed by atoms with Crippen LogP contribution in [0.1, 0.15) is 5.56 Å². The van der Waals surface area contributed by atoms with Gasteiger partial charge in [0.05, 0.1) is 16.7 Å². The minimum absolute atomic E-state index is 0.669. The van der Waals surface area contributed by atoms with Gasteiger partial charge in [0.1, 0.15) is 5.69 Å². The lowest BCUT2D eigenvalue weighted by Gasteiger charge is -1.85. The Bertz CT molecular complexity index is 328. The first kappa shape index (κ1) is 10.9. The van der Waals surface area contributed by atoms with Gasteiger partial charge in [-0.2, -0.15) is 5.26 Å². The molecule has 68 valence electrons. The van der Waals surface area contributed by atoms with Gasteiger partial charge >= 0.3 is 0 Å². The van der Waals surface area contributed by atoms with Crippen LogP contribution in [-0.2, 0) is 0 Å². The first-order chi connectivity index (χ1) is 6.06. The van der Waals surface area contributed by atoms with Crippen molar-refractivity contribution in [2.45, 2.75) is 0 Å². The van der Waals surface area contributed by atoms with Gasteiger partial charge in [0, 0.05) is 6.07 Å². The molecule has 0 fully saturated rings.